The third-order valence-electron chi connectivity index (χ3n) is 4.88. The summed E-state index contributed by atoms with van der Waals surface area (Å²) in [5, 5.41) is 5.94. The summed E-state index contributed by atoms with van der Waals surface area (Å²) in [5.74, 6) is 0.310. The second kappa shape index (κ2) is 9.38. The third kappa shape index (κ3) is 5.25. The number of nitrogens with zero attached hydrogens (tertiary/aromatic N) is 4. The quantitative estimate of drug-likeness (QED) is 0.531. The highest BCUT2D eigenvalue weighted by atomic mass is 16.1. The Morgan fingerprint density at radius 1 is 1.29 bits per heavy atom. The van der Waals surface area contributed by atoms with Crippen molar-refractivity contribution in [1.29, 1.82) is 0 Å². The van der Waals surface area contributed by atoms with E-state index in [0.717, 1.165) is 11.1 Å². The van der Waals surface area contributed by atoms with Gasteiger partial charge in [-0.05, 0) is 50.5 Å². The van der Waals surface area contributed by atoms with Gasteiger partial charge >= 0.3 is 0 Å². The number of amides is 1. The van der Waals surface area contributed by atoms with Gasteiger partial charge in [0.1, 0.15) is 5.82 Å². The number of carbonyl (C=O) groups excluding carboxylic acids is 1. The molecule has 31 heavy (non-hydrogen) atoms. The maximum absolute atomic E-state index is 13.3. The van der Waals surface area contributed by atoms with Crippen molar-refractivity contribution >= 4 is 17.5 Å². The van der Waals surface area contributed by atoms with Gasteiger partial charge in [-0.2, -0.15) is 0 Å². The minimum Gasteiger partial charge on any atom is -0.382 e. The standard InChI is InChI=1S/C22H27N7O2/c1-13(8-17-6-5-7-24-11-17)27-21-22(31)29(14(2)10-26-21)19-9-18(12-25-16(4)30)15(3)28-20(19)23/h5-7,9-11,13H,8,12H2,1-4H3,(H2,23,28)(H,25,30)(H,26,27). The van der Waals surface area contributed by atoms with Crippen LogP contribution in [0.1, 0.15) is 36.4 Å². The minimum atomic E-state index is -0.319. The molecule has 0 aliphatic carbocycles. The van der Waals surface area contributed by atoms with E-state index in [2.05, 4.69) is 25.6 Å². The van der Waals surface area contributed by atoms with Gasteiger partial charge in [0.2, 0.25) is 5.91 Å². The number of nitrogens with one attached hydrogen (secondary N) is 2. The van der Waals surface area contributed by atoms with Crippen LogP contribution in [0.15, 0.2) is 41.6 Å². The lowest BCUT2D eigenvalue weighted by molar-refractivity contribution is -0.119. The van der Waals surface area contributed by atoms with Gasteiger partial charge in [0, 0.05) is 49.5 Å². The van der Waals surface area contributed by atoms with E-state index in [1.54, 1.807) is 31.6 Å². The van der Waals surface area contributed by atoms with Gasteiger partial charge in [-0.3, -0.25) is 19.1 Å². The van der Waals surface area contributed by atoms with Crippen molar-refractivity contribution in [3.05, 3.63) is 69.7 Å². The van der Waals surface area contributed by atoms with Crippen LogP contribution in [-0.2, 0) is 17.8 Å². The molecule has 0 aromatic carbocycles. The number of hydrogen-bond donors (Lipinski definition) is 3. The molecule has 0 aliphatic heterocycles. The number of carbonyl (C=O) groups is 1. The monoisotopic (exact) mass is 421 g/mol. The lowest BCUT2D eigenvalue weighted by atomic mass is 10.1. The van der Waals surface area contributed by atoms with Crippen LogP contribution in [-0.4, -0.2) is 31.5 Å². The van der Waals surface area contributed by atoms with Crippen molar-refractivity contribution in [1.82, 2.24) is 24.8 Å². The van der Waals surface area contributed by atoms with E-state index < -0.39 is 0 Å². The molecule has 0 fully saturated rings. The Labute approximate surface area is 180 Å². The summed E-state index contributed by atoms with van der Waals surface area (Å²) in [7, 11) is 0. The fraction of sp³-hybridized carbons (Fsp3) is 0.318. The molecule has 3 aromatic rings. The van der Waals surface area contributed by atoms with Gasteiger partial charge in [0.25, 0.3) is 5.56 Å². The third-order valence-corrected chi connectivity index (χ3v) is 4.88. The normalized spacial score (nSPS) is 11.7. The molecule has 1 atom stereocenters. The number of hydrogen-bond acceptors (Lipinski definition) is 7. The Morgan fingerprint density at radius 3 is 2.74 bits per heavy atom. The van der Waals surface area contributed by atoms with E-state index in [1.165, 1.54) is 11.5 Å². The second-order valence-electron chi connectivity index (χ2n) is 7.55. The second-order valence-corrected chi connectivity index (χ2v) is 7.55. The number of aromatic nitrogens is 4. The molecule has 0 saturated carbocycles. The Balaban J connectivity index is 1.94. The first-order valence-corrected chi connectivity index (χ1v) is 10.0. The fourth-order valence-corrected chi connectivity index (χ4v) is 3.32. The molecule has 0 radical (unpaired) electrons. The molecule has 1 unspecified atom stereocenters. The van der Waals surface area contributed by atoms with Crippen molar-refractivity contribution < 1.29 is 4.79 Å². The maximum Gasteiger partial charge on any atom is 0.298 e. The zero-order valence-electron chi connectivity index (χ0n) is 18.1. The predicted molar refractivity (Wildman–Crippen MR) is 120 cm³/mol. The largest absolute Gasteiger partial charge is 0.382 e. The molecule has 162 valence electrons. The van der Waals surface area contributed by atoms with E-state index in [1.807, 2.05) is 26.0 Å². The van der Waals surface area contributed by atoms with Gasteiger partial charge in [-0.25, -0.2) is 9.97 Å². The van der Waals surface area contributed by atoms with Crippen molar-refractivity contribution in [2.45, 2.75) is 46.7 Å². The molecule has 3 aromatic heterocycles. The van der Waals surface area contributed by atoms with Crippen molar-refractivity contribution in [2.75, 3.05) is 11.1 Å². The molecular formula is C22H27N7O2. The number of rotatable bonds is 7. The molecule has 0 spiro atoms. The molecule has 9 heteroatoms. The summed E-state index contributed by atoms with van der Waals surface area (Å²) in [5.41, 5.74) is 9.46. The molecule has 1 amide bonds. The molecule has 3 heterocycles. The van der Waals surface area contributed by atoms with E-state index >= 15 is 0 Å². The number of nitrogen functional groups attached to an aromatic ring is 1. The molecule has 0 bridgehead atoms. The van der Waals surface area contributed by atoms with Crippen LogP contribution in [0.5, 0.6) is 0 Å². The van der Waals surface area contributed by atoms with Crippen molar-refractivity contribution in [3.63, 3.8) is 0 Å². The summed E-state index contributed by atoms with van der Waals surface area (Å²) in [4.78, 5) is 37.4. The van der Waals surface area contributed by atoms with Gasteiger partial charge < -0.3 is 16.4 Å². The Hall–Kier alpha value is -3.75. The zero-order chi connectivity index (χ0) is 22.5. The molecule has 9 nitrogen and oxygen atoms in total. The number of aryl methyl sites for hydroxylation is 2. The van der Waals surface area contributed by atoms with Gasteiger partial charge in [-0.1, -0.05) is 6.07 Å². The Bertz CT molecular complexity index is 1140. The molecule has 0 saturated heterocycles. The SMILES string of the molecule is CC(=O)NCc1cc(-n2c(C)cnc(NC(C)Cc3cccnc3)c2=O)c(N)nc1C. The average molecular weight is 422 g/mol. The number of anilines is 2. The summed E-state index contributed by atoms with van der Waals surface area (Å²) >= 11 is 0. The topological polar surface area (TPSA) is 128 Å². The molecular weight excluding hydrogens is 394 g/mol. The van der Waals surface area contributed by atoms with Crippen molar-refractivity contribution in [2.24, 2.45) is 0 Å². The fourth-order valence-electron chi connectivity index (χ4n) is 3.32. The van der Waals surface area contributed by atoms with Crippen LogP contribution in [0, 0.1) is 13.8 Å². The van der Waals surface area contributed by atoms with E-state index in [9.17, 15) is 9.59 Å². The molecule has 4 N–H and O–H groups in total. The minimum absolute atomic E-state index is 0.0376. The lowest BCUT2D eigenvalue weighted by Gasteiger charge is -2.18. The highest BCUT2D eigenvalue weighted by Crippen LogP contribution is 2.20. The first-order chi connectivity index (χ1) is 14.8. The number of nitrogens with two attached hydrogens (primary N) is 1. The van der Waals surface area contributed by atoms with Crippen LogP contribution in [0.3, 0.4) is 0 Å². The Kier molecular flexibility index (Phi) is 6.64. The first-order valence-electron chi connectivity index (χ1n) is 10.0. The highest BCUT2D eigenvalue weighted by molar-refractivity contribution is 5.73. The van der Waals surface area contributed by atoms with Crippen LogP contribution < -0.4 is 21.9 Å². The predicted octanol–water partition coefficient (Wildman–Crippen LogP) is 1.90. The first kappa shape index (κ1) is 21.9. The molecule has 3 rings (SSSR count). The van der Waals surface area contributed by atoms with Gasteiger partial charge in [0.15, 0.2) is 5.82 Å². The highest BCUT2D eigenvalue weighted by Gasteiger charge is 2.16. The van der Waals surface area contributed by atoms with E-state index in [-0.39, 0.29) is 29.1 Å². The van der Waals surface area contributed by atoms with Gasteiger partial charge in [-0.15, -0.1) is 0 Å². The average Bonchev–Trinajstić information content (AvgIpc) is 2.71. The summed E-state index contributed by atoms with van der Waals surface area (Å²) in [6, 6.07) is 5.61. The zero-order valence-corrected chi connectivity index (χ0v) is 18.1. The Morgan fingerprint density at radius 2 is 2.06 bits per heavy atom. The smallest absolute Gasteiger partial charge is 0.298 e. The van der Waals surface area contributed by atoms with Crippen LogP contribution >= 0.6 is 0 Å². The summed E-state index contributed by atoms with van der Waals surface area (Å²) in [6.07, 6.45) is 5.83. The maximum atomic E-state index is 13.3. The van der Waals surface area contributed by atoms with E-state index in [4.69, 9.17) is 5.73 Å². The molecule has 0 aliphatic rings. The van der Waals surface area contributed by atoms with Crippen LogP contribution in [0.2, 0.25) is 0 Å². The lowest BCUT2D eigenvalue weighted by Crippen LogP contribution is -2.30. The summed E-state index contributed by atoms with van der Waals surface area (Å²) < 4.78 is 1.49. The summed E-state index contributed by atoms with van der Waals surface area (Å²) in [6.45, 7) is 7.32. The van der Waals surface area contributed by atoms with E-state index in [0.29, 0.717) is 30.0 Å². The van der Waals surface area contributed by atoms with Crippen LogP contribution in [0.4, 0.5) is 11.6 Å². The van der Waals surface area contributed by atoms with Crippen molar-refractivity contribution in [3.8, 4) is 5.69 Å². The van der Waals surface area contributed by atoms with Crippen LogP contribution in [0.25, 0.3) is 5.69 Å². The van der Waals surface area contributed by atoms with Gasteiger partial charge in [0.05, 0.1) is 5.69 Å². The number of pyridine rings is 2.